The van der Waals surface area contributed by atoms with Gasteiger partial charge in [-0.1, -0.05) is 47.7 Å². The highest BCUT2D eigenvalue weighted by molar-refractivity contribution is 7.85. The summed E-state index contributed by atoms with van der Waals surface area (Å²) in [4.78, 5) is 4.34. The first kappa shape index (κ1) is 20.8. The van der Waals surface area contributed by atoms with Crippen LogP contribution >= 0.6 is 0 Å². The van der Waals surface area contributed by atoms with E-state index in [-0.39, 0.29) is 16.9 Å². The lowest BCUT2D eigenvalue weighted by atomic mass is 9.95. The fraction of sp³-hybridized carbons (Fsp3) is 0.190. The van der Waals surface area contributed by atoms with Gasteiger partial charge in [0.1, 0.15) is 17.4 Å². The fourth-order valence-electron chi connectivity index (χ4n) is 3.47. The zero-order valence-corrected chi connectivity index (χ0v) is 17.2. The number of aliphatic imine (C=N–C) groups is 1. The molecule has 2 atom stereocenters. The average molecular weight is 436 g/mol. The van der Waals surface area contributed by atoms with Crippen molar-refractivity contribution in [3.63, 3.8) is 0 Å². The van der Waals surface area contributed by atoms with Crippen LogP contribution in [0.4, 0.5) is 11.4 Å². The molecule has 2 aromatic carbocycles. The Morgan fingerprint density at radius 1 is 1.10 bits per heavy atom. The number of nitrogens with two attached hydrogens (primary N) is 1. The number of allylic oxidation sites excluding steroid dienone is 4. The van der Waals surface area contributed by atoms with E-state index in [1.54, 1.807) is 18.3 Å². The number of hydrogen-bond donors (Lipinski definition) is 2. The average Bonchev–Trinajstić information content (AvgIpc) is 2.78. The normalized spacial score (nSPS) is 21.4. The number of hydrogen-bond acceptors (Lipinski definition) is 7. The number of rotatable bonds is 5. The van der Waals surface area contributed by atoms with Gasteiger partial charge in [-0.05, 0) is 36.4 Å². The zero-order valence-electron chi connectivity index (χ0n) is 16.4. The molecule has 0 saturated carbocycles. The van der Waals surface area contributed by atoms with Gasteiger partial charge in [-0.3, -0.25) is 9.55 Å². The Hall–Kier alpha value is -3.50. The highest BCUT2D eigenvalue weighted by atomic mass is 32.2. The van der Waals surface area contributed by atoms with Crippen LogP contribution in [0.3, 0.4) is 0 Å². The van der Waals surface area contributed by atoms with Crippen molar-refractivity contribution in [2.75, 3.05) is 0 Å². The van der Waals surface area contributed by atoms with Crippen molar-refractivity contribution < 1.29 is 13.0 Å². The first-order valence-electron chi connectivity index (χ1n) is 9.59. The summed E-state index contributed by atoms with van der Waals surface area (Å²) >= 11 is 0. The van der Waals surface area contributed by atoms with Crippen LogP contribution in [-0.2, 0) is 10.1 Å². The molecule has 2 unspecified atom stereocenters. The van der Waals surface area contributed by atoms with Crippen LogP contribution < -0.4 is 5.84 Å². The van der Waals surface area contributed by atoms with Gasteiger partial charge < -0.3 is 5.84 Å². The second kappa shape index (κ2) is 8.70. The Kier molecular flexibility index (Phi) is 5.83. The molecule has 10 heteroatoms. The van der Waals surface area contributed by atoms with Gasteiger partial charge in [-0.2, -0.15) is 18.6 Å². The summed E-state index contributed by atoms with van der Waals surface area (Å²) in [5.74, 6) is 5.50. The largest absolute Gasteiger partial charge is 0.305 e. The van der Waals surface area contributed by atoms with E-state index in [0.29, 0.717) is 28.6 Å². The number of azo groups is 1. The van der Waals surface area contributed by atoms with Crippen molar-refractivity contribution in [2.45, 2.75) is 23.8 Å². The first-order valence-corrected chi connectivity index (χ1v) is 11.0. The van der Waals surface area contributed by atoms with E-state index in [0.717, 1.165) is 12.1 Å². The van der Waals surface area contributed by atoms with Gasteiger partial charge in [0.25, 0.3) is 10.1 Å². The molecule has 0 aromatic heterocycles. The fourth-order valence-corrected chi connectivity index (χ4v) is 3.99. The summed E-state index contributed by atoms with van der Waals surface area (Å²) in [6.07, 6.45) is 13.7. The molecule has 0 fully saturated rings. The van der Waals surface area contributed by atoms with Crippen molar-refractivity contribution in [1.29, 1.82) is 0 Å². The molecule has 1 heterocycles. The molecule has 4 rings (SSSR count). The van der Waals surface area contributed by atoms with Crippen LogP contribution in [0.1, 0.15) is 12.8 Å². The van der Waals surface area contributed by atoms with Gasteiger partial charge in [-0.15, -0.1) is 5.11 Å². The topological polar surface area (TPSA) is 142 Å². The Labute approximate surface area is 179 Å². The van der Waals surface area contributed by atoms with Crippen LogP contribution in [0.5, 0.6) is 0 Å². The molecule has 0 bridgehead atoms. The summed E-state index contributed by atoms with van der Waals surface area (Å²) in [7, 11) is -4.32. The predicted molar refractivity (Wildman–Crippen MR) is 118 cm³/mol. The lowest BCUT2D eigenvalue weighted by Crippen LogP contribution is -2.12. The Morgan fingerprint density at radius 3 is 2.65 bits per heavy atom. The summed E-state index contributed by atoms with van der Waals surface area (Å²) in [6, 6.07) is 7.21. The van der Waals surface area contributed by atoms with Gasteiger partial charge in [0.15, 0.2) is 0 Å². The van der Waals surface area contributed by atoms with E-state index in [4.69, 9.17) is 5.84 Å². The van der Waals surface area contributed by atoms with E-state index >= 15 is 0 Å². The third-order valence-corrected chi connectivity index (χ3v) is 5.89. The molecule has 0 amide bonds. The molecule has 0 radical (unpaired) electrons. The first-order chi connectivity index (χ1) is 15.0. The predicted octanol–water partition coefficient (Wildman–Crippen LogP) is 4.99. The molecule has 1 aliphatic heterocycles. The zero-order chi connectivity index (χ0) is 21.8. The van der Waals surface area contributed by atoms with Crippen LogP contribution in [0.15, 0.2) is 96.9 Å². The molecule has 31 heavy (non-hydrogen) atoms. The molecule has 1 aliphatic carbocycles. The molecular formula is C21H20N6O3S. The molecule has 158 valence electrons. The second-order valence-electron chi connectivity index (χ2n) is 7.09. The quantitative estimate of drug-likeness (QED) is 0.295. The molecule has 0 saturated heterocycles. The summed E-state index contributed by atoms with van der Waals surface area (Å²) in [6.45, 7) is 0. The minimum atomic E-state index is -4.32. The van der Waals surface area contributed by atoms with Gasteiger partial charge in [0.2, 0.25) is 0 Å². The molecular weight excluding hydrogens is 416 g/mol. The second-order valence-corrected chi connectivity index (χ2v) is 8.51. The molecule has 2 aromatic rings. The maximum absolute atomic E-state index is 11.4. The van der Waals surface area contributed by atoms with E-state index in [9.17, 15) is 13.0 Å². The highest BCUT2D eigenvalue weighted by Gasteiger charge is 2.17. The van der Waals surface area contributed by atoms with Crippen molar-refractivity contribution >= 4 is 38.5 Å². The number of benzene rings is 2. The van der Waals surface area contributed by atoms with Gasteiger partial charge in [0, 0.05) is 23.2 Å². The SMILES string of the molecule is NN=Nc1ccc2cc(S(=O)(=O)O)ccc2c1N=NC1C=NC(C2C=CC=CC2)=CC1. The van der Waals surface area contributed by atoms with Crippen molar-refractivity contribution in [3.05, 3.63) is 66.4 Å². The van der Waals surface area contributed by atoms with Crippen LogP contribution in [-0.4, -0.2) is 25.2 Å². The van der Waals surface area contributed by atoms with E-state index < -0.39 is 10.1 Å². The third-order valence-electron chi connectivity index (χ3n) is 5.04. The third kappa shape index (κ3) is 4.65. The van der Waals surface area contributed by atoms with E-state index in [1.165, 1.54) is 18.2 Å². The lowest BCUT2D eigenvalue weighted by molar-refractivity contribution is 0.483. The van der Waals surface area contributed by atoms with Crippen LogP contribution in [0.25, 0.3) is 10.8 Å². The molecule has 2 aliphatic rings. The van der Waals surface area contributed by atoms with Gasteiger partial charge in [0.05, 0.1) is 4.90 Å². The number of nitrogens with zero attached hydrogens (tertiary/aromatic N) is 5. The standard InChI is InChI=1S/C21H20N6O3S/c22-27-25-20-10-6-15-12-17(31(28,29)30)8-9-18(15)21(20)26-24-16-7-11-19(23-13-16)14-4-2-1-3-5-14/h1-4,6,8-14,16H,5,7H2,(H2,22,25)(H,28,29,30). The summed E-state index contributed by atoms with van der Waals surface area (Å²) < 4.78 is 32.2. The van der Waals surface area contributed by atoms with Gasteiger partial charge >= 0.3 is 0 Å². The molecule has 9 nitrogen and oxygen atoms in total. The maximum Gasteiger partial charge on any atom is 0.294 e. The van der Waals surface area contributed by atoms with Crippen molar-refractivity contribution in [1.82, 2.24) is 0 Å². The van der Waals surface area contributed by atoms with E-state index in [1.807, 2.05) is 12.2 Å². The minimum absolute atomic E-state index is 0.209. The number of fused-ring (bicyclic) bond motifs is 1. The smallest absolute Gasteiger partial charge is 0.294 e. The monoisotopic (exact) mass is 436 g/mol. The summed E-state index contributed by atoms with van der Waals surface area (Å²) in [5, 5.41) is 17.1. The maximum atomic E-state index is 11.4. The minimum Gasteiger partial charge on any atom is -0.305 e. The van der Waals surface area contributed by atoms with Crippen LogP contribution in [0, 0.1) is 5.92 Å². The van der Waals surface area contributed by atoms with Crippen molar-refractivity contribution in [2.24, 2.45) is 37.3 Å². The highest BCUT2D eigenvalue weighted by Crippen LogP contribution is 2.37. The Bertz CT molecular complexity index is 1290. The van der Waals surface area contributed by atoms with E-state index in [2.05, 4.69) is 43.8 Å². The Balaban J connectivity index is 1.62. The van der Waals surface area contributed by atoms with Crippen LogP contribution in [0.2, 0.25) is 0 Å². The molecule has 0 spiro atoms. The molecule has 3 N–H and O–H groups in total. The Morgan fingerprint density at radius 2 is 1.97 bits per heavy atom. The van der Waals surface area contributed by atoms with Crippen molar-refractivity contribution in [3.8, 4) is 0 Å². The lowest BCUT2D eigenvalue weighted by Gasteiger charge is -2.17. The summed E-state index contributed by atoms with van der Waals surface area (Å²) in [5.41, 5.74) is 1.81. The van der Waals surface area contributed by atoms with Gasteiger partial charge in [-0.25, -0.2) is 0 Å².